The number of nitrogens with one attached hydrogen (secondary N) is 1. The summed E-state index contributed by atoms with van der Waals surface area (Å²) in [6.07, 6.45) is -7.21. The van der Waals surface area contributed by atoms with Crippen molar-refractivity contribution < 1.29 is 31.6 Å². The second-order valence-corrected chi connectivity index (χ2v) is 3.64. The van der Waals surface area contributed by atoms with Gasteiger partial charge in [-0.2, -0.15) is 13.2 Å². The van der Waals surface area contributed by atoms with E-state index in [2.05, 4.69) is 4.84 Å². The summed E-state index contributed by atoms with van der Waals surface area (Å²) >= 11 is 0. The molecule has 1 atom stereocenters. The zero-order valence-corrected chi connectivity index (χ0v) is 8.64. The fraction of sp³-hybridized carbons (Fsp3) is 0.875. The summed E-state index contributed by atoms with van der Waals surface area (Å²) in [5.74, 6) is -2.34. The molecular formula is C8H11F5N2O2. The van der Waals surface area contributed by atoms with Gasteiger partial charge in [0, 0.05) is 13.1 Å². The minimum Gasteiger partial charge on any atom is -0.363 e. The highest BCUT2D eigenvalue weighted by molar-refractivity contribution is 5.75. The number of likely N-dealkylation sites (tertiary alicyclic amines) is 1. The Balaban J connectivity index is 2.25. The Morgan fingerprint density at radius 3 is 2.65 bits per heavy atom. The lowest BCUT2D eigenvalue weighted by molar-refractivity contribution is -0.208. The van der Waals surface area contributed by atoms with Crippen LogP contribution in [0.5, 0.6) is 0 Å². The summed E-state index contributed by atoms with van der Waals surface area (Å²) in [4.78, 5) is 15.5. The van der Waals surface area contributed by atoms with Crippen LogP contribution in [0.15, 0.2) is 0 Å². The topological polar surface area (TPSA) is 41.6 Å². The van der Waals surface area contributed by atoms with Gasteiger partial charge in [0.15, 0.2) is 0 Å². The Labute approximate surface area is 93.7 Å². The second-order valence-electron chi connectivity index (χ2n) is 3.64. The molecule has 0 radical (unpaired) electrons. The molecule has 9 heteroatoms. The molecule has 0 aromatic carbocycles. The minimum absolute atomic E-state index is 0.121. The first-order valence-electron chi connectivity index (χ1n) is 4.83. The lowest BCUT2D eigenvalue weighted by Crippen LogP contribution is -2.39. The number of alkyl halides is 5. The Morgan fingerprint density at radius 2 is 2.12 bits per heavy atom. The van der Waals surface area contributed by atoms with Crippen molar-refractivity contribution in [1.82, 2.24) is 10.4 Å². The standard InChI is InChI=1S/C8H11F5N2O2/c9-6(10)4-15-2-1-5(3-15)14-17-7(16)8(11,12)13/h5-6,14H,1-4H2. The van der Waals surface area contributed by atoms with E-state index < -0.39 is 31.2 Å². The molecule has 17 heavy (non-hydrogen) atoms. The van der Waals surface area contributed by atoms with Crippen LogP contribution in [0.1, 0.15) is 6.42 Å². The monoisotopic (exact) mass is 262 g/mol. The van der Waals surface area contributed by atoms with Crippen LogP contribution >= 0.6 is 0 Å². The maximum Gasteiger partial charge on any atom is 0.492 e. The molecule has 1 heterocycles. The molecule has 1 aliphatic rings. The van der Waals surface area contributed by atoms with Gasteiger partial charge in [-0.05, 0) is 6.42 Å². The summed E-state index contributed by atoms with van der Waals surface area (Å²) in [5, 5.41) is 0. The van der Waals surface area contributed by atoms with Crippen molar-refractivity contribution in [2.24, 2.45) is 0 Å². The molecule has 1 unspecified atom stereocenters. The van der Waals surface area contributed by atoms with Crippen molar-refractivity contribution >= 4 is 5.97 Å². The highest BCUT2D eigenvalue weighted by Gasteiger charge is 2.42. The minimum atomic E-state index is -5.06. The van der Waals surface area contributed by atoms with Crippen molar-refractivity contribution in [3.05, 3.63) is 0 Å². The van der Waals surface area contributed by atoms with Gasteiger partial charge in [-0.1, -0.05) is 0 Å². The van der Waals surface area contributed by atoms with Crippen molar-refractivity contribution in [2.75, 3.05) is 19.6 Å². The van der Waals surface area contributed by atoms with E-state index in [0.29, 0.717) is 13.0 Å². The first-order valence-corrected chi connectivity index (χ1v) is 4.83. The van der Waals surface area contributed by atoms with Crippen LogP contribution in [0.2, 0.25) is 0 Å². The molecular weight excluding hydrogens is 251 g/mol. The molecule has 0 aliphatic carbocycles. The number of rotatable bonds is 4. The summed E-state index contributed by atoms with van der Waals surface area (Å²) < 4.78 is 59.2. The smallest absolute Gasteiger partial charge is 0.363 e. The van der Waals surface area contributed by atoms with Crippen molar-refractivity contribution in [2.45, 2.75) is 25.1 Å². The van der Waals surface area contributed by atoms with E-state index in [4.69, 9.17) is 0 Å². The molecule has 1 N–H and O–H groups in total. The first kappa shape index (κ1) is 14.1. The van der Waals surface area contributed by atoms with E-state index in [9.17, 15) is 26.7 Å². The average Bonchev–Trinajstić information content (AvgIpc) is 2.59. The van der Waals surface area contributed by atoms with Gasteiger partial charge in [-0.25, -0.2) is 13.6 Å². The molecule has 1 rings (SSSR count). The van der Waals surface area contributed by atoms with Crippen molar-refractivity contribution in [1.29, 1.82) is 0 Å². The Hall–Kier alpha value is -0.960. The Bertz CT molecular complexity index is 271. The van der Waals surface area contributed by atoms with E-state index >= 15 is 0 Å². The van der Waals surface area contributed by atoms with Crippen LogP contribution in [0.4, 0.5) is 22.0 Å². The summed E-state index contributed by atoms with van der Waals surface area (Å²) in [7, 11) is 0. The number of nitrogens with zero attached hydrogens (tertiary/aromatic N) is 1. The fourth-order valence-electron chi connectivity index (χ4n) is 1.48. The van der Waals surface area contributed by atoms with Crippen LogP contribution in [0.25, 0.3) is 0 Å². The fourth-order valence-corrected chi connectivity index (χ4v) is 1.48. The van der Waals surface area contributed by atoms with E-state index in [0.717, 1.165) is 0 Å². The lowest BCUT2D eigenvalue weighted by atomic mass is 10.3. The van der Waals surface area contributed by atoms with Crippen LogP contribution in [-0.4, -0.2) is 49.1 Å². The zero-order valence-electron chi connectivity index (χ0n) is 8.64. The van der Waals surface area contributed by atoms with Gasteiger partial charge < -0.3 is 4.84 Å². The zero-order chi connectivity index (χ0) is 13.1. The molecule has 0 amide bonds. The van der Waals surface area contributed by atoms with Gasteiger partial charge in [0.05, 0.1) is 12.6 Å². The third-order valence-corrected chi connectivity index (χ3v) is 2.22. The molecule has 100 valence electrons. The summed E-state index contributed by atoms with van der Waals surface area (Å²) in [5.41, 5.74) is 1.94. The van der Waals surface area contributed by atoms with Crippen LogP contribution in [0, 0.1) is 0 Å². The van der Waals surface area contributed by atoms with Gasteiger partial charge in [-0.15, -0.1) is 5.48 Å². The van der Waals surface area contributed by atoms with Crippen molar-refractivity contribution in [3.8, 4) is 0 Å². The van der Waals surface area contributed by atoms with Crippen molar-refractivity contribution in [3.63, 3.8) is 0 Å². The Kier molecular flexibility index (Phi) is 4.63. The first-order chi connectivity index (χ1) is 7.79. The number of hydroxylamine groups is 1. The SMILES string of the molecule is O=C(ONC1CCN(CC(F)F)C1)C(F)(F)F. The van der Waals surface area contributed by atoms with E-state index in [1.54, 1.807) is 0 Å². The number of hydrogen-bond acceptors (Lipinski definition) is 4. The molecule has 0 saturated carbocycles. The third kappa shape index (κ3) is 4.82. The number of carbonyl (C=O) groups is 1. The highest BCUT2D eigenvalue weighted by Crippen LogP contribution is 2.16. The van der Waals surface area contributed by atoms with Gasteiger partial charge in [0.2, 0.25) is 0 Å². The molecule has 0 aromatic heterocycles. The second kappa shape index (κ2) is 5.58. The van der Waals surface area contributed by atoms with Gasteiger partial charge in [-0.3, -0.25) is 4.90 Å². The summed E-state index contributed by atoms with van der Waals surface area (Å²) in [6, 6.07) is -0.556. The van der Waals surface area contributed by atoms with Gasteiger partial charge in [0.25, 0.3) is 6.43 Å². The number of carbonyl (C=O) groups excluding carboxylic acids is 1. The normalized spacial score (nSPS) is 22.1. The molecule has 4 nitrogen and oxygen atoms in total. The van der Waals surface area contributed by atoms with Gasteiger partial charge >= 0.3 is 12.1 Å². The maximum atomic E-state index is 12.0. The largest absolute Gasteiger partial charge is 0.492 e. The van der Waals surface area contributed by atoms with E-state index in [-0.39, 0.29) is 6.54 Å². The molecule has 0 spiro atoms. The summed E-state index contributed by atoms with van der Waals surface area (Å²) in [6.45, 7) is 0.00640. The molecule has 0 aromatic rings. The lowest BCUT2D eigenvalue weighted by Gasteiger charge is -2.15. The van der Waals surface area contributed by atoms with Crippen LogP contribution < -0.4 is 5.48 Å². The van der Waals surface area contributed by atoms with Crippen LogP contribution in [-0.2, 0) is 9.63 Å². The maximum absolute atomic E-state index is 12.0. The number of halogens is 5. The predicted molar refractivity (Wildman–Crippen MR) is 46.1 cm³/mol. The number of hydrogen-bond donors (Lipinski definition) is 1. The van der Waals surface area contributed by atoms with E-state index in [1.807, 2.05) is 5.48 Å². The molecule has 0 bridgehead atoms. The van der Waals surface area contributed by atoms with E-state index in [1.165, 1.54) is 4.90 Å². The average molecular weight is 262 g/mol. The Morgan fingerprint density at radius 1 is 1.47 bits per heavy atom. The molecule has 1 fully saturated rings. The van der Waals surface area contributed by atoms with Crippen LogP contribution in [0.3, 0.4) is 0 Å². The predicted octanol–water partition coefficient (Wildman–Crippen LogP) is 0.936. The van der Waals surface area contributed by atoms with Gasteiger partial charge in [0.1, 0.15) is 0 Å². The third-order valence-electron chi connectivity index (χ3n) is 2.22. The molecule has 1 aliphatic heterocycles. The molecule has 1 saturated heterocycles. The quantitative estimate of drug-likeness (QED) is 0.604. The highest BCUT2D eigenvalue weighted by atomic mass is 19.4.